The molecule has 2 heterocycles. The first-order valence-corrected chi connectivity index (χ1v) is 12.4. The predicted molar refractivity (Wildman–Crippen MR) is 126 cm³/mol. The third-order valence-electron chi connectivity index (χ3n) is 7.36. The van der Waals surface area contributed by atoms with Crippen LogP contribution in [0.15, 0.2) is 24.3 Å². The first kappa shape index (κ1) is 22.7. The van der Waals surface area contributed by atoms with Crippen LogP contribution >= 0.6 is 0 Å². The Bertz CT molecular complexity index is 747. The van der Waals surface area contributed by atoms with E-state index in [1.165, 1.54) is 24.9 Å². The van der Waals surface area contributed by atoms with E-state index in [-0.39, 0.29) is 24.0 Å². The molecule has 3 amide bonds. The molecule has 176 valence electrons. The van der Waals surface area contributed by atoms with Crippen molar-refractivity contribution >= 4 is 17.6 Å². The molecule has 3 fully saturated rings. The SMILES string of the molecule is COc1ccc(N2CCC(NC(=O)NC3CCN(C(=O)C4CCCCC4)CC3)CC2)cc1. The summed E-state index contributed by atoms with van der Waals surface area (Å²) in [4.78, 5) is 29.6. The number of benzene rings is 1. The van der Waals surface area contributed by atoms with Gasteiger partial charge in [-0.2, -0.15) is 0 Å². The Morgan fingerprint density at radius 3 is 1.94 bits per heavy atom. The lowest BCUT2D eigenvalue weighted by molar-refractivity contribution is -0.137. The molecule has 0 aromatic heterocycles. The standard InChI is InChI=1S/C25H38N4O3/c1-32-23-9-7-22(8-10-23)28-15-11-20(12-16-28)26-25(31)27-21-13-17-29(18-14-21)24(30)19-5-3-2-4-6-19/h7-10,19-21H,2-6,11-18H2,1H3,(H2,26,27,31). The third kappa shape index (κ3) is 5.87. The molecule has 0 bridgehead atoms. The van der Waals surface area contributed by atoms with Gasteiger partial charge in [-0.25, -0.2) is 4.79 Å². The first-order valence-electron chi connectivity index (χ1n) is 12.4. The molecule has 2 N–H and O–H groups in total. The number of likely N-dealkylation sites (tertiary alicyclic amines) is 1. The van der Waals surface area contributed by atoms with Crippen molar-refractivity contribution < 1.29 is 14.3 Å². The zero-order valence-electron chi connectivity index (χ0n) is 19.4. The van der Waals surface area contributed by atoms with Crippen LogP contribution in [0, 0.1) is 5.92 Å². The van der Waals surface area contributed by atoms with Crippen LogP contribution in [0.3, 0.4) is 0 Å². The summed E-state index contributed by atoms with van der Waals surface area (Å²) in [6.45, 7) is 3.39. The van der Waals surface area contributed by atoms with Crippen LogP contribution in [0.5, 0.6) is 5.75 Å². The van der Waals surface area contributed by atoms with Gasteiger partial charge in [0.15, 0.2) is 0 Å². The Hall–Kier alpha value is -2.44. The molecule has 2 saturated heterocycles. The number of ether oxygens (including phenoxy) is 1. The van der Waals surface area contributed by atoms with Crippen LogP contribution in [0.4, 0.5) is 10.5 Å². The van der Waals surface area contributed by atoms with Crippen LogP contribution in [-0.4, -0.2) is 62.2 Å². The summed E-state index contributed by atoms with van der Waals surface area (Å²) >= 11 is 0. The lowest BCUT2D eigenvalue weighted by atomic mass is 9.87. The lowest BCUT2D eigenvalue weighted by Gasteiger charge is -2.36. The Labute approximate surface area is 191 Å². The van der Waals surface area contributed by atoms with Gasteiger partial charge in [0.25, 0.3) is 0 Å². The van der Waals surface area contributed by atoms with Crippen LogP contribution < -0.4 is 20.3 Å². The highest BCUT2D eigenvalue weighted by Crippen LogP contribution is 2.27. The quantitative estimate of drug-likeness (QED) is 0.732. The van der Waals surface area contributed by atoms with Gasteiger partial charge in [-0.1, -0.05) is 19.3 Å². The van der Waals surface area contributed by atoms with Crippen molar-refractivity contribution in [2.24, 2.45) is 5.92 Å². The highest BCUT2D eigenvalue weighted by molar-refractivity contribution is 5.79. The summed E-state index contributed by atoms with van der Waals surface area (Å²) in [7, 11) is 1.68. The number of nitrogens with one attached hydrogen (secondary N) is 2. The molecule has 0 atom stereocenters. The topological polar surface area (TPSA) is 73.9 Å². The molecular formula is C25H38N4O3. The Balaban J connectivity index is 1.15. The van der Waals surface area contributed by atoms with Crippen molar-refractivity contribution in [2.45, 2.75) is 69.9 Å². The summed E-state index contributed by atoms with van der Waals surface area (Å²) in [5.41, 5.74) is 1.20. The Morgan fingerprint density at radius 2 is 1.38 bits per heavy atom. The number of anilines is 1. The average molecular weight is 443 g/mol. The number of rotatable bonds is 5. The summed E-state index contributed by atoms with van der Waals surface area (Å²) in [5, 5.41) is 6.31. The van der Waals surface area contributed by atoms with Gasteiger partial charge in [-0.3, -0.25) is 4.79 Å². The summed E-state index contributed by atoms with van der Waals surface area (Å²) in [6, 6.07) is 8.45. The number of carbonyl (C=O) groups is 2. The van der Waals surface area contributed by atoms with Gasteiger partial charge in [0.05, 0.1) is 7.11 Å². The van der Waals surface area contributed by atoms with Crippen molar-refractivity contribution in [2.75, 3.05) is 38.2 Å². The number of piperidine rings is 2. The maximum Gasteiger partial charge on any atom is 0.315 e. The number of urea groups is 1. The minimum absolute atomic E-state index is 0.0649. The summed E-state index contributed by atoms with van der Waals surface area (Å²) in [6.07, 6.45) is 9.32. The summed E-state index contributed by atoms with van der Waals surface area (Å²) < 4.78 is 5.23. The van der Waals surface area contributed by atoms with Crippen molar-refractivity contribution in [3.63, 3.8) is 0 Å². The number of amides is 3. The maximum absolute atomic E-state index is 12.7. The molecule has 1 saturated carbocycles. The van der Waals surface area contributed by atoms with E-state index in [2.05, 4.69) is 27.7 Å². The molecule has 7 heteroatoms. The van der Waals surface area contributed by atoms with Crippen LogP contribution in [0.2, 0.25) is 0 Å². The maximum atomic E-state index is 12.7. The molecule has 0 radical (unpaired) electrons. The summed E-state index contributed by atoms with van der Waals surface area (Å²) in [5.74, 6) is 1.45. The average Bonchev–Trinajstić information content (AvgIpc) is 2.85. The highest BCUT2D eigenvalue weighted by Gasteiger charge is 2.30. The minimum atomic E-state index is -0.0649. The molecule has 7 nitrogen and oxygen atoms in total. The van der Waals surface area contributed by atoms with E-state index in [9.17, 15) is 9.59 Å². The zero-order valence-corrected chi connectivity index (χ0v) is 19.4. The van der Waals surface area contributed by atoms with E-state index in [0.717, 1.165) is 70.5 Å². The van der Waals surface area contributed by atoms with Crippen LogP contribution in [0.1, 0.15) is 57.8 Å². The van der Waals surface area contributed by atoms with Gasteiger partial charge in [-0.15, -0.1) is 0 Å². The number of carbonyl (C=O) groups excluding carboxylic acids is 2. The monoisotopic (exact) mass is 442 g/mol. The number of nitrogens with zero attached hydrogens (tertiary/aromatic N) is 2. The first-order chi connectivity index (χ1) is 15.6. The molecule has 4 rings (SSSR count). The molecule has 2 aliphatic heterocycles. The van der Waals surface area contributed by atoms with E-state index in [1.807, 2.05) is 17.0 Å². The van der Waals surface area contributed by atoms with Gasteiger partial charge in [0.1, 0.15) is 5.75 Å². The number of methoxy groups -OCH3 is 1. The molecule has 1 aliphatic carbocycles. The second-order valence-corrected chi connectivity index (χ2v) is 9.51. The van der Waals surface area contributed by atoms with Gasteiger partial charge in [0, 0.05) is 49.9 Å². The Morgan fingerprint density at radius 1 is 0.812 bits per heavy atom. The van der Waals surface area contributed by atoms with Crippen molar-refractivity contribution in [1.29, 1.82) is 0 Å². The fourth-order valence-electron chi connectivity index (χ4n) is 5.34. The fraction of sp³-hybridized carbons (Fsp3) is 0.680. The van der Waals surface area contributed by atoms with Gasteiger partial charge in [-0.05, 0) is 62.8 Å². The predicted octanol–water partition coefficient (Wildman–Crippen LogP) is 3.53. The van der Waals surface area contributed by atoms with Crippen molar-refractivity contribution in [1.82, 2.24) is 15.5 Å². The van der Waals surface area contributed by atoms with Crippen molar-refractivity contribution in [3.8, 4) is 5.75 Å². The normalized spacial score (nSPS) is 21.3. The van der Waals surface area contributed by atoms with E-state index < -0.39 is 0 Å². The fourth-order valence-corrected chi connectivity index (χ4v) is 5.34. The molecule has 0 spiro atoms. The Kier molecular flexibility index (Phi) is 7.76. The minimum Gasteiger partial charge on any atom is -0.497 e. The van der Waals surface area contributed by atoms with Crippen molar-refractivity contribution in [3.05, 3.63) is 24.3 Å². The largest absolute Gasteiger partial charge is 0.497 e. The van der Waals surface area contributed by atoms with Gasteiger partial charge in [0.2, 0.25) is 5.91 Å². The highest BCUT2D eigenvalue weighted by atomic mass is 16.5. The van der Waals surface area contributed by atoms with E-state index in [1.54, 1.807) is 7.11 Å². The van der Waals surface area contributed by atoms with Gasteiger partial charge < -0.3 is 25.2 Å². The number of hydrogen-bond donors (Lipinski definition) is 2. The van der Waals surface area contributed by atoms with E-state index >= 15 is 0 Å². The van der Waals surface area contributed by atoms with Crippen LogP contribution in [-0.2, 0) is 4.79 Å². The second-order valence-electron chi connectivity index (χ2n) is 9.51. The third-order valence-corrected chi connectivity index (χ3v) is 7.36. The lowest BCUT2D eigenvalue weighted by Crippen LogP contribution is -2.53. The molecular weight excluding hydrogens is 404 g/mol. The molecule has 3 aliphatic rings. The smallest absolute Gasteiger partial charge is 0.315 e. The zero-order chi connectivity index (χ0) is 22.3. The molecule has 0 unspecified atom stereocenters. The molecule has 1 aromatic rings. The van der Waals surface area contributed by atoms with Gasteiger partial charge >= 0.3 is 6.03 Å². The molecule has 32 heavy (non-hydrogen) atoms. The van der Waals surface area contributed by atoms with E-state index in [4.69, 9.17) is 4.74 Å². The van der Waals surface area contributed by atoms with Crippen LogP contribution in [0.25, 0.3) is 0 Å². The molecule has 1 aromatic carbocycles. The second kappa shape index (κ2) is 10.9. The number of hydrogen-bond acceptors (Lipinski definition) is 4. The van der Waals surface area contributed by atoms with E-state index in [0.29, 0.717) is 5.91 Å².